The van der Waals surface area contributed by atoms with Crippen LogP contribution in [0.4, 0.5) is 0 Å². The molecule has 0 amide bonds. The molecule has 0 heterocycles. The molecule has 20 heavy (non-hydrogen) atoms. The van der Waals surface area contributed by atoms with Crippen LogP contribution in [0.2, 0.25) is 0 Å². The molecule has 0 N–H and O–H groups in total. The van der Waals surface area contributed by atoms with Gasteiger partial charge >= 0.3 is 0 Å². The van der Waals surface area contributed by atoms with Crippen LogP contribution in [0.3, 0.4) is 0 Å². The Bertz CT molecular complexity index is 620. The third-order valence-corrected chi connectivity index (χ3v) is 3.79. The van der Waals surface area contributed by atoms with Crippen molar-refractivity contribution in [2.75, 3.05) is 6.61 Å². The molecule has 0 aliphatic heterocycles. The van der Waals surface area contributed by atoms with Crippen LogP contribution in [-0.2, 0) is 6.42 Å². The number of hydrogen-bond acceptors (Lipinski definition) is 2. The van der Waals surface area contributed by atoms with Crippen LogP contribution in [0.5, 0.6) is 5.75 Å². The molecule has 0 spiro atoms. The van der Waals surface area contributed by atoms with Gasteiger partial charge in [-0.15, -0.1) is 0 Å². The van der Waals surface area contributed by atoms with E-state index in [0.29, 0.717) is 18.6 Å². The molecule has 2 nitrogen and oxygen atoms in total. The van der Waals surface area contributed by atoms with Crippen LogP contribution in [0, 0.1) is 6.92 Å². The van der Waals surface area contributed by atoms with Crippen LogP contribution in [0.15, 0.2) is 46.9 Å². The molecular weight excluding hydrogens is 316 g/mol. The van der Waals surface area contributed by atoms with E-state index in [0.717, 1.165) is 21.3 Å². The van der Waals surface area contributed by atoms with Gasteiger partial charge in [0.15, 0.2) is 5.78 Å². The van der Waals surface area contributed by atoms with Gasteiger partial charge in [-0.3, -0.25) is 4.79 Å². The van der Waals surface area contributed by atoms with Crippen molar-refractivity contribution in [1.82, 2.24) is 0 Å². The van der Waals surface area contributed by atoms with E-state index < -0.39 is 0 Å². The van der Waals surface area contributed by atoms with E-state index in [2.05, 4.69) is 15.9 Å². The molecule has 0 fully saturated rings. The molecule has 104 valence electrons. The summed E-state index contributed by atoms with van der Waals surface area (Å²) in [5.74, 6) is 0.878. The SMILES string of the molecule is CCOc1ccc(C(=O)Cc2ccccc2C)cc1Br. The van der Waals surface area contributed by atoms with E-state index in [1.54, 1.807) is 0 Å². The van der Waals surface area contributed by atoms with E-state index >= 15 is 0 Å². The van der Waals surface area contributed by atoms with Crippen LogP contribution in [0.25, 0.3) is 0 Å². The summed E-state index contributed by atoms with van der Waals surface area (Å²) in [6.45, 7) is 4.56. The zero-order valence-corrected chi connectivity index (χ0v) is 13.2. The maximum absolute atomic E-state index is 12.3. The lowest BCUT2D eigenvalue weighted by Gasteiger charge is -2.08. The summed E-state index contributed by atoms with van der Waals surface area (Å²) < 4.78 is 6.27. The van der Waals surface area contributed by atoms with Gasteiger partial charge < -0.3 is 4.74 Å². The summed E-state index contributed by atoms with van der Waals surface area (Å²) in [5, 5.41) is 0. The number of carbonyl (C=O) groups is 1. The quantitative estimate of drug-likeness (QED) is 0.749. The smallest absolute Gasteiger partial charge is 0.167 e. The lowest BCUT2D eigenvalue weighted by atomic mass is 9.99. The number of halogens is 1. The molecule has 3 heteroatoms. The normalized spacial score (nSPS) is 10.3. The fourth-order valence-electron chi connectivity index (χ4n) is 2.03. The second kappa shape index (κ2) is 6.71. The maximum atomic E-state index is 12.3. The van der Waals surface area contributed by atoms with Gasteiger partial charge in [0.1, 0.15) is 5.75 Å². The van der Waals surface area contributed by atoms with Gasteiger partial charge in [0.2, 0.25) is 0 Å². The highest BCUT2D eigenvalue weighted by molar-refractivity contribution is 9.10. The number of carbonyl (C=O) groups excluding carboxylic acids is 1. The van der Waals surface area contributed by atoms with Crippen LogP contribution in [0.1, 0.15) is 28.4 Å². The Hall–Kier alpha value is -1.61. The Kier molecular flexibility index (Phi) is 4.96. The number of aryl methyl sites for hydroxylation is 1. The molecule has 0 unspecified atom stereocenters. The van der Waals surface area contributed by atoms with Crippen molar-refractivity contribution in [1.29, 1.82) is 0 Å². The monoisotopic (exact) mass is 332 g/mol. The predicted octanol–water partition coefficient (Wildman–Crippen LogP) is 4.58. The van der Waals surface area contributed by atoms with Crippen molar-refractivity contribution < 1.29 is 9.53 Å². The lowest BCUT2D eigenvalue weighted by Crippen LogP contribution is -2.05. The summed E-state index contributed by atoms with van der Waals surface area (Å²) in [5.41, 5.74) is 2.91. The standard InChI is InChI=1S/C17H17BrO2/c1-3-20-17-9-8-14(10-15(17)18)16(19)11-13-7-5-4-6-12(13)2/h4-10H,3,11H2,1-2H3. The molecule has 0 bridgehead atoms. The Labute approximate surface area is 127 Å². The van der Waals surface area contributed by atoms with Gasteiger partial charge in [0, 0.05) is 12.0 Å². The molecule has 0 saturated carbocycles. The van der Waals surface area contributed by atoms with Gasteiger partial charge in [-0.2, -0.15) is 0 Å². The van der Waals surface area contributed by atoms with Crippen molar-refractivity contribution >= 4 is 21.7 Å². The zero-order chi connectivity index (χ0) is 14.5. The van der Waals surface area contributed by atoms with Gasteiger partial charge in [-0.1, -0.05) is 24.3 Å². The zero-order valence-electron chi connectivity index (χ0n) is 11.7. The number of Topliss-reactive ketones (excluding diaryl/α,β-unsaturated/α-hetero) is 1. The Morgan fingerprint density at radius 2 is 1.95 bits per heavy atom. The van der Waals surface area contributed by atoms with Gasteiger partial charge in [0.25, 0.3) is 0 Å². The Balaban J connectivity index is 2.18. The average molecular weight is 333 g/mol. The molecule has 0 aromatic heterocycles. The van der Waals surface area contributed by atoms with Crippen molar-refractivity contribution in [3.05, 3.63) is 63.6 Å². The molecule has 0 atom stereocenters. The lowest BCUT2D eigenvalue weighted by molar-refractivity contribution is 0.0992. The summed E-state index contributed by atoms with van der Waals surface area (Å²) in [7, 11) is 0. The topological polar surface area (TPSA) is 26.3 Å². The number of hydrogen-bond donors (Lipinski definition) is 0. The Morgan fingerprint density at radius 1 is 1.20 bits per heavy atom. The highest BCUT2D eigenvalue weighted by Gasteiger charge is 2.11. The first kappa shape index (κ1) is 14.8. The van der Waals surface area contributed by atoms with Gasteiger partial charge in [0.05, 0.1) is 11.1 Å². The molecule has 0 saturated heterocycles. The number of ether oxygens (including phenoxy) is 1. The first-order valence-corrected chi connectivity index (χ1v) is 7.41. The minimum atomic E-state index is 0.114. The summed E-state index contributed by atoms with van der Waals surface area (Å²) in [6.07, 6.45) is 0.424. The minimum absolute atomic E-state index is 0.114. The molecule has 2 rings (SSSR count). The average Bonchev–Trinajstić information content (AvgIpc) is 2.43. The van der Waals surface area contributed by atoms with Gasteiger partial charge in [-0.05, 0) is 59.1 Å². The van der Waals surface area contributed by atoms with Crippen molar-refractivity contribution in [3.63, 3.8) is 0 Å². The fourth-order valence-corrected chi connectivity index (χ4v) is 2.52. The van der Waals surface area contributed by atoms with Crippen LogP contribution >= 0.6 is 15.9 Å². The molecule has 0 aliphatic rings. The highest BCUT2D eigenvalue weighted by Crippen LogP contribution is 2.26. The maximum Gasteiger partial charge on any atom is 0.167 e. The summed E-state index contributed by atoms with van der Waals surface area (Å²) in [4.78, 5) is 12.3. The van der Waals surface area contributed by atoms with Crippen molar-refractivity contribution in [2.45, 2.75) is 20.3 Å². The number of benzene rings is 2. The van der Waals surface area contributed by atoms with Gasteiger partial charge in [-0.25, -0.2) is 0 Å². The predicted molar refractivity (Wildman–Crippen MR) is 84.5 cm³/mol. The van der Waals surface area contributed by atoms with E-state index in [-0.39, 0.29) is 5.78 Å². The first-order chi connectivity index (χ1) is 9.61. The second-order valence-corrected chi connectivity index (χ2v) is 5.46. The largest absolute Gasteiger partial charge is 0.493 e. The minimum Gasteiger partial charge on any atom is -0.493 e. The Morgan fingerprint density at radius 3 is 2.60 bits per heavy atom. The van der Waals surface area contributed by atoms with E-state index in [1.807, 2.05) is 56.3 Å². The number of ketones is 1. The van der Waals surface area contributed by atoms with Crippen LogP contribution in [-0.4, -0.2) is 12.4 Å². The second-order valence-electron chi connectivity index (χ2n) is 4.60. The third-order valence-electron chi connectivity index (χ3n) is 3.17. The van der Waals surface area contributed by atoms with E-state index in [1.165, 1.54) is 0 Å². The van der Waals surface area contributed by atoms with E-state index in [9.17, 15) is 4.79 Å². The molecular formula is C17H17BrO2. The first-order valence-electron chi connectivity index (χ1n) is 6.62. The molecule has 0 radical (unpaired) electrons. The molecule has 0 aliphatic carbocycles. The summed E-state index contributed by atoms with van der Waals surface area (Å²) in [6, 6.07) is 13.4. The summed E-state index contributed by atoms with van der Waals surface area (Å²) >= 11 is 3.44. The van der Waals surface area contributed by atoms with Crippen molar-refractivity contribution in [2.24, 2.45) is 0 Å². The number of rotatable bonds is 5. The van der Waals surface area contributed by atoms with Crippen LogP contribution < -0.4 is 4.74 Å². The molecule has 2 aromatic rings. The fraction of sp³-hybridized carbons (Fsp3) is 0.235. The van der Waals surface area contributed by atoms with E-state index in [4.69, 9.17) is 4.74 Å². The highest BCUT2D eigenvalue weighted by atomic mass is 79.9. The molecule has 2 aromatic carbocycles. The van der Waals surface area contributed by atoms with Crippen molar-refractivity contribution in [3.8, 4) is 5.75 Å². The third kappa shape index (κ3) is 3.48.